The van der Waals surface area contributed by atoms with E-state index in [1.807, 2.05) is 19.2 Å². The van der Waals surface area contributed by atoms with Crippen molar-refractivity contribution < 1.29 is 9.90 Å². The van der Waals surface area contributed by atoms with E-state index in [0.29, 0.717) is 11.6 Å². The summed E-state index contributed by atoms with van der Waals surface area (Å²) in [5, 5.41) is 12.1. The number of benzene rings is 2. The Morgan fingerprint density at radius 3 is 2.29 bits per heavy atom. The van der Waals surface area contributed by atoms with Crippen LogP contribution in [0.1, 0.15) is 34.5 Å². The first-order chi connectivity index (χ1) is 10.1. The minimum absolute atomic E-state index is 0.328. The van der Waals surface area contributed by atoms with E-state index in [1.54, 1.807) is 23.9 Å². The molecule has 0 saturated heterocycles. The zero-order valence-electron chi connectivity index (χ0n) is 12.2. The molecule has 0 saturated carbocycles. The number of nitrogens with one attached hydrogen (secondary N) is 1. The molecular formula is C17H19NO2S. The Hall–Kier alpha value is -1.78. The normalized spacial score (nSPS) is 12.1. The third-order valence-corrected chi connectivity index (χ3v) is 4.50. The van der Waals surface area contributed by atoms with E-state index in [-0.39, 0.29) is 0 Å². The Morgan fingerprint density at radius 1 is 1.14 bits per heavy atom. The average Bonchev–Trinajstić information content (AvgIpc) is 2.53. The van der Waals surface area contributed by atoms with Crippen LogP contribution in [0, 0.1) is 0 Å². The molecule has 2 aromatic carbocycles. The number of aromatic carboxylic acids is 1. The highest BCUT2D eigenvalue weighted by Gasteiger charge is 2.04. The zero-order valence-corrected chi connectivity index (χ0v) is 13.0. The fourth-order valence-electron chi connectivity index (χ4n) is 1.93. The van der Waals surface area contributed by atoms with Gasteiger partial charge in [0.15, 0.2) is 0 Å². The molecular weight excluding hydrogens is 282 g/mol. The van der Waals surface area contributed by atoms with Crippen molar-refractivity contribution in [3.63, 3.8) is 0 Å². The molecule has 0 radical (unpaired) electrons. The van der Waals surface area contributed by atoms with E-state index in [2.05, 4.69) is 36.5 Å². The average molecular weight is 301 g/mol. The summed E-state index contributed by atoms with van der Waals surface area (Å²) in [6.45, 7) is 2.13. The van der Waals surface area contributed by atoms with Crippen LogP contribution in [0.15, 0.2) is 53.4 Å². The second-order valence-corrected chi connectivity index (χ2v) is 5.92. The van der Waals surface area contributed by atoms with Gasteiger partial charge in [-0.1, -0.05) is 24.3 Å². The van der Waals surface area contributed by atoms with E-state index < -0.39 is 5.97 Å². The maximum absolute atomic E-state index is 10.8. The second kappa shape index (κ2) is 7.29. The highest BCUT2D eigenvalue weighted by atomic mass is 32.2. The molecule has 0 aromatic heterocycles. The van der Waals surface area contributed by atoms with Crippen LogP contribution in [0.4, 0.5) is 0 Å². The maximum atomic E-state index is 10.8. The molecule has 0 aliphatic carbocycles. The fraction of sp³-hybridized carbons (Fsp3) is 0.235. The highest BCUT2D eigenvalue weighted by Crippen LogP contribution is 2.24. The lowest BCUT2D eigenvalue weighted by Crippen LogP contribution is -2.11. The van der Waals surface area contributed by atoms with Crippen molar-refractivity contribution >= 4 is 17.7 Å². The summed E-state index contributed by atoms with van der Waals surface area (Å²) in [7, 11) is 1.95. The molecule has 3 nitrogen and oxygen atoms in total. The number of carboxylic acids is 1. The lowest BCUT2D eigenvalue weighted by molar-refractivity contribution is 0.0697. The van der Waals surface area contributed by atoms with Crippen LogP contribution in [0.3, 0.4) is 0 Å². The molecule has 21 heavy (non-hydrogen) atoms. The minimum atomic E-state index is -0.886. The fourth-order valence-corrected chi connectivity index (χ4v) is 2.78. The lowest BCUT2D eigenvalue weighted by atomic mass is 10.1. The number of carbonyl (C=O) groups is 1. The van der Waals surface area contributed by atoms with Crippen molar-refractivity contribution in [3.8, 4) is 0 Å². The molecule has 0 amide bonds. The Morgan fingerprint density at radius 2 is 1.76 bits per heavy atom. The summed E-state index contributed by atoms with van der Waals surface area (Å²) in [6.07, 6.45) is 0. The van der Waals surface area contributed by atoms with Crippen molar-refractivity contribution in [2.45, 2.75) is 23.6 Å². The highest BCUT2D eigenvalue weighted by molar-refractivity contribution is 7.98. The van der Waals surface area contributed by atoms with Gasteiger partial charge in [-0.25, -0.2) is 4.79 Å². The van der Waals surface area contributed by atoms with Crippen LogP contribution in [-0.4, -0.2) is 18.1 Å². The summed E-state index contributed by atoms with van der Waals surface area (Å²) in [4.78, 5) is 12.0. The molecule has 2 N–H and O–H groups in total. The third kappa shape index (κ3) is 4.34. The number of hydrogen-bond acceptors (Lipinski definition) is 3. The van der Waals surface area contributed by atoms with Crippen molar-refractivity contribution in [2.75, 3.05) is 7.05 Å². The Balaban J connectivity index is 1.95. The van der Waals surface area contributed by atoms with Crippen LogP contribution < -0.4 is 5.32 Å². The van der Waals surface area contributed by atoms with Crippen molar-refractivity contribution in [3.05, 3.63) is 65.2 Å². The van der Waals surface area contributed by atoms with E-state index in [1.165, 1.54) is 10.5 Å². The van der Waals surface area contributed by atoms with Crippen LogP contribution in [-0.2, 0) is 5.75 Å². The molecule has 0 aliphatic rings. The monoisotopic (exact) mass is 301 g/mol. The van der Waals surface area contributed by atoms with Crippen molar-refractivity contribution in [1.82, 2.24) is 5.32 Å². The van der Waals surface area contributed by atoms with Gasteiger partial charge in [-0.15, -0.1) is 11.8 Å². The molecule has 1 atom stereocenters. The van der Waals surface area contributed by atoms with E-state index >= 15 is 0 Å². The van der Waals surface area contributed by atoms with Gasteiger partial charge >= 0.3 is 5.97 Å². The molecule has 0 bridgehead atoms. The van der Waals surface area contributed by atoms with Crippen LogP contribution >= 0.6 is 11.8 Å². The van der Waals surface area contributed by atoms with Crippen LogP contribution in [0.25, 0.3) is 0 Å². The SMILES string of the molecule is CNC(C)c1ccc(SCc2ccc(C(=O)O)cc2)cc1. The molecule has 0 heterocycles. The third-order valence-electron chi connectivity index (χ3n) is 3.42. The molecule has 0 spiro atoms. The number of thioether (sulfide) groups is 1. The second-order valence-electron chi connectivity index (χ2n) is 4.87. The Bertz CT molecular complexity index is 593. The molecule has 4 heteroatoms. The topological polar surface area (TPSA) is 49.3 Å². The largest absolute Gasteiger partial charge is 0.478 e. The van der Waals surface area contributed by atoms with Crippen LogP contribution in [0.2, 0.25) is 0 Å². The molecule has 1 unspecified atom stereocenters. The quantitative estimate of drug-likeness (QED) is 0.793. The summed E-state index contributed by atoms with van der Waals surface area (Å²) in [6, 6.07) is 15.9. The number of hydrogen-bond donors (Lipinski definition) is 2. The summed E-state index contributed by atoms with van der Waals surface area (Å²) in [5.41, 5.74) is 2.72. The van der Waals surface area contributed by atoms with Gasteiger partial charge in [0.25, 0.3) is 0 Å². The first kappa shape index (κ1) is 15.6. The number of carboxylic acid groups (broad SMARTS) is 1. The van der Waals surface area contributed by atoms with Gasteiger partial charge < -0.3 is 10.4 Å². The molecule has 2 rings (SSSR count). The summed E-state index contributed by atoms with van der Waals surface area (Å²) >= 11 is 1.75. The Labute approximate surface area is 129 Å². The first-order valence-corrected chi connectivity index (χ1v) is 7.81. The van der Waals surface area contributed by atoms with E-state index in [4.69, 9.17) is 5.11 Å². The van der Waals surface area contributed by atoms with Gasteiger partial charge in [0, 0.05) is 16.7 Å². The standard InChI is InChI=1S/C17H19NO2S/c1-12(18-2)14-7-9-16(10-8-14)21-11-13-3-5-15(6-4-13)17(19)20/h3-10,12,18H,11H2,1-2H3,(H,19,20). The predicted octanol–water partition coefficient (Wildman–Crippen LogP) is 3.96. The Kier molecular flexibility index (Phi) is 5.42. The predicted molar refractivity (Wildman–Crippen MR) is 86.9 cm³/mol. The van der Waals surface area contributed by atoms with Gasteiger partial charge in [-0.2, -0.15) is 0 Å². The van der Waals surface area contributed by atoms with Gasteiger partial charge in [0.1, 0.15) is 0 Å². The molecule has 110 valence electrons. The zero-order chi connectivity index (χ0) is 15.2. The van der Waals surface area contributed by atoms with Gasteiger partial charge in [-0.05, 0) is 49.4 Å². The van der Waals surface area contributed by atoms with Crippen LogP contribution in [0.5, 0.6) is 0 Å². The summed E-state index contributed by atoms with van der Waals surface area (Å²) in [5.74, 6) is -0.0515. The molecule has 0 fully saturated rings. The van der Waals surface area contributed by atoms with E-state index in [0.717, 1.165) is 11.3 Å². The van der Waals surface area contributed by atoms with Crippen molar-refractivity contribution in [2.24, 2.45) is 0 Å². The number of rotatable bonds is 6. The smallest absolute Gasteiger partial charge is 0.335 e. The van der Waals surface area contributed by atoms with Gasteiger partial charge in [0.05, 0.1) is 5.56 Å². The lowest BCUT2D eigenvalue weighted by Gasteiger charge is -2.11. The first-order valence-electron chi connectivity index (χ1n) is 6.82. The van der Waals surface area contributed by atoms with Gasteiger partial charge in [0.2, 0.25) is 0 Å². The van der Waals surface area contributed by atoms with Crippen molar-refractivity contribution in [1.29, 1.82) is 0 Å². The molecule has 2 aromatic rings. The maximum Gasteiger partial charge on any atom is 0.335 e. The van der Waals surface area contributed by atoms with Gasteiger partial charge in [-0.3, -0.25) is 0 Å². The molecule has 0 aliphatic heterocycles. The van der Waals surface area contributed by atoms with E-state index in [9.17, 15) is 4.79 Å². The minimum Gasteiger partial charge on any atom is -0.478 e. The summed E-state index contributed by atoms with van der Waals surface area (Å²) < 4.78 is 0.